The summed E-state index contributed by atoms with van der Waals surface area (Å²) in [5.74, 6) is -1.43. The van der Waals surface area contributed by atoms with Gasteiger partial charge in [-0.1, -0.05) is 0 Å². The number of alkyl halides is 3. The molecule has 172 valence electrons. The van der Waals surface area contributed by atoms with Gasteiger partial charge in [0.2, 0.25) is 0 Å². The van der Waals surface area contributed by atoms with E-state index in [-0.39, 0.29) is 28.8 Å². The first-order valence-electron chi connectivity index (χ1n) is 9.78. The Kier molecular flexibility index (Phi) is 5.89. The van der Waals surface area contributed by atoms with E-state index in [4.69, 9.17) is 0 Å². The molecule has 4 rings (SSSR count). The molecule has 3 heterocycles. The highest BCUT2D eigenvalue weighted by molar-refractivity contribution is 6.09. The molecule has 11 nitrogen and oxygen atoms in total. The lowest BCUT2D eigenvalue weighted by Gasteiger charge is -2.13. The Hall–Kier alpha value is -4.10. The fourth-order valence-electron chi connectivity index (χ4n) is 2.97. The zero-order valence-electron chi connectivity index (χ0n) is 17.2. The van der Waals surface area contributed by atoms with Crippen LogP contribution >= 0.6 is 0 Å². The number of anilines is 3. The predicted octanol–water partition coefficient (Wildman–Crippen LogP) is 2.17. The van der Waals surface area contributed by atoms with Gasteiger partial charge < -0.3 is 16.0 Å². The van der Waals surface area contributed by atoms with E-state index in [1.807, 2.05) is 0 Å². The SMILES string of the molecule is Cn1ncc(NC(=O)c2nc(C3CC3)cnc2Nc2cncnc2)c1C(=O)NCC(F)(F)F. The topological polar surface area (TPSA) is 140 Å². The fraction of sp³-hybridized carbons (Fsp3) is 0.316. The molecule has 0 radical (unpaired) electrons. The number of halogens is 3. The lowest BCUT2D eigenvalue weighted by atomic mass is 10.2. The van der Waals surface area contributed by atoms with Gasteiger partial charge in [0, 0.05) is 13.0 Å². The van der Waals surface area contributed by atoms with E-state index in [9.17, 15) is 22.8 Å². The monoisotopic (exact) mass is 461 g/mol. The Morgan fingerprint density at radius 1 is 1.12 bits per heavy atom. The molecule has 3 N–H and O–H groups in total. The number of carbonyl (C=O) groups is 2. The summed E-state index contributed by atoms with van der Waals surface area (Å²) in [6.07, 6.45) is 4.32. The molecule has 0 unspecified atom stereocenters. The van der Waals surface area contributed by atoms with E-state index >= 15 is 0 Å². The third-order valence-corrected chi connectivity index (χ3v) is 4.68. The first-order chi connectivity index (χ1) is 15.7. The maximum Gasteiger partial charge on any atom is 0.405 e. The zero-order chi connectivity index (χ0) is 23.6. The van der Waals surface area contributed by atoms with Crippen LogP contribution in [0.15, 0.2) is 31.1 Å². The molecule has 0 atom stereocenters. The molecule has 3 aromatic rings. The van der Waals surface area contributed by atoms with Gasteiger partial charge in [-0.25, -0.2) is 19.9 Å². The fourth-order valence-corrected chi connectivity index (χ4v) is 2.97. The van der Waals surface area contributed by atoms with Crippen molar-refractivity contribution >= 4 is 29.0 Å². The Bertz CT molecular complexity index is 1180. The molecule has 2 amide bonds. The minimum atomic E-state index is -4.59. The maximum absolute atomic E-state index is 13.1. The molecular weight excluding hydrogens is 443 g/mol. The molecule has 0 aromatic carbocycles. The van der Waals surface area contributed by atoms with Gasteiger partial charge in [-0.15, -0.1) is 0 Å². The summed E-state index contributed by atoms with van der Waals surface area (Å²) in [5.41, 5.74) is 0.728. The van der Waals surface area contributed by atoms with Gasteiger partial charge in [0.05, 0.1) is 41.9 Å². The molecule has 1 aliphatic carbocycles. The molecule has 0 spiro atoms. The largest absolute Gasteiger partial charge is 0.405 e. The van der Waals surface area contributed by atoms with Crippen LogP contribution in [-0.4, -0.2) is 54.3 Å². The first-order valence-corrected chi connectivity index (χ1v) is 9.78. The van der Waals surface area contributed by atoms with Crippen LogP contribution in [0.25, 0.3) is 0 Å². The highest BCUT2D eigenvalue weighted by Crippen LogP contribution is 2.39. The van der Waals surface area contributed by atoms with Crippen LogP contribution in [0.5, 0.6) is 0 Å². The summed E-state index contributed by atoms with van der Waals surface area (Å²) in [6, 6.07) is 0. The van der Waals surface area contributed by atoms with Crippen molar-refractivity contribution in [1.82, 2.24) is 35.0 Å². The van der Waals surface area contributed by atoms with Crippen LogP contribution in [-0.2, 0) is 7.05 Å². The molecule has 3 aromatic heterocycles. The molecular formula is C19H18F3N9O2. The third kappa shape index (κ3) is 5.39. The van der Waals surface area contributed by atoms with E-state index in [0.717, 1.165) is 23.7 Å². The minimum absolute atomic E-state index is 0.0613. The molecule has 1 aliphatic rings. The smallest absolute Gasteiger partial charge is 0.342 e. The number of carbonyl (C=O) groups excluding carboxylic acids is 2. The second-order valence-corrected chi connectivity index (χ2v) is 7.30. The van der Waals surface area contributed by atoms with E-state index in [2.05, 4.69) is 35.7 Å². The van der Waals surface area contributed by atoms with Crippen molar-refractivity contribution in [1.29, 1.82) is 0 Å². The molecule has 1 fully saturated rings. The third-order valence-electron chi connectivity index (χ3n) is 4.68. The average molecular weight is 461 g/mol. The summed E-state index contributed by atoms with van der Waals surface area (Å²) in [7, 11) is 1.37. The Morgan fingerprint density at radius 2 is 1.85 bits per heavy atom. The first kappa shape index (κ1) is 22.1. The highest BCUT2D eigenvalue weighted by Gasteiger charge is 2.30. The molecule has 0 bridgehead atoms. The number of aryl methyl sites for hydroxylation is 1. The average Bonchev–Trinajstić information content (AvgIpc) is 3.56. The Morgan fingerprint density at radius 3 is 2.52 bits per heavy atom. The summed E-state index contributed by atoms with van der Waals surface area (Å²) in [6.45, 7) is -1.52. The summed E-state index contributed by atoms with van der Waals surface area (Å²) < 4.78 is 38.5. The van der Waals surface area contributed by atoms with Gasteiger partial charge in [0.1, 0.15) is 18.6 Å². The number of hydrogen-bond acceptors (Lipinski definition) is 8. The lowest BCUT2D eigenvalue weighted by Crippen LogP contribution is -2.35. The van der Waals surface area contributed by atoms with E-state index < -0.39 is 24.5 Å². The second kappa shape index (κ2) is 8.80. The van der Waals surface area contributed by atoms with E-state index in [1.54, 1.807) is 11.5 Å². The molecule has 1 saturated carbocycles. The number of nitrogens with zero attached hydrogens (tertiary/aromatic N) is 6. The maximum atomic E-state index is 13.1. The molecule has 14 heteroatoms. The van der Waals surface area contributed by atoms with Crippen molar-refractivity contribution in [2.75, 3.05) is 17.2 Å². The summed E-state index contributed by atoms with van der Waals surface area (Å²) >= 11 is 0. The van der Waals surface area contributed by atoms with Gasteiger partial charge in [-0.2, -0.15) is 18.3 Å². The van der Waals surface area contributed by atoms with Gasteiger partial charge in [0.25, 0.3) is 11.8 Å². The van der Waals surface area contributed by atoms with Gasteiger partial charge in [-0.3, -0.25) is 14.3 Å². The van der Waals surface area contributed by atoms with Crippen LogP contribution < -0.4 is 16.0 Å². The van der Waals surface area contributed by atoms with Crippen molar-refractivity contribution < 1.29 is 22.8 Å². The highest BCUT2D eigenvalue weighted by atomic mass is 19.4. The predicted molar refractivity (Wildman–Crippen MR) is 109 cm³/mol. The van der Waals surface area contributed by atoms with Gasteiger partial charge in [-0.05, 0) is 12.8 Å². The number of hydrogen-bond donors (Lipinski definition) is 3. The number of amides is 2. The molecule has 0 aliphatic heterocycles. The molecule has 0 saturated heterocycles. The van der Waals surface area contributed by atoms with Crippen LogP contribution in [0.4, 0.5) is 30.4 Å². The van der Waals surface area contributed by atoms with Crippen LogP contribution in [0, 0.1) is 0 Å². The van der Waals surface area contributed by atoms with Crippen LogP contribution in [0.2, 0.25) is 0 Å². The second-order valence-electron chi connectivity index (χ2n) is 7.30. The van der Waals surface area contributed by atoms with Crippen LogP contribution in [0.1, 0.15) is 45.4 Å². The van der Waals surface area contributed by atoms with E-state index in [0.29, 0.717) is 11.4 Å². The Labute approximate surface area is 184 Å². The van der Waals surface area contributed by atoms with Crippen molar-refractivity contribution in [3.8, 4) is 0 Å². The van der Waals surface area contributed by atoms with Gasteiger partial charge in [0.15, 0.2) is 11.5 Å². The lowest BCUT2D eigenvalue weighted by molar-refractivity contribution is -0.123. The normalized spacial score (nSPS) is 13.5. The van der Waals surface area contributed by atoms with Crippen molar-refractivity contribution in [2.45, 2.75) is 24.9 Å². The standard InChI is InChI=1S/C19H18F3N9O2/c1-31-15(18(33)26-8-19(20,21)22)13(7-27-31)30-17(32)14-16(28-11-4-23-9-24-5-11)25-6-12(29-14)10-2-3-10/h4-7,9-10H,2-3,8H2,1H3,(H,25,28)(H,26,33)(H,30,32). The van der Waals surface area contributed by atoms with Gasteiger partial charge >= 0.3 is 6.18 Å². The molecule has 33 heavy (non-hydrogen) atoms. The van der Waals surface area contributed by atoms with Crippen molar-refractivity contribution in [2.24, 2.45) is 7.05 Å². The number of aromatic nitrogens is 6. The number of nitrogens with one attached hydrogen (secondary N) is 3. The van der Waals surface area contributed by atoms with E-state index in [1.165, 1.54) is 25.8 Å². The quantitative estimate of drug-likeness (QED) is 0.486. The summed E-state index contributed by atoms with van der Waals surface area (Å²) in [4.78, 5) is 41.9. The minimum Gasteiger partial charge on any atom is -0.342 e. The van der Waals surface area contributed by atoms with Crippen molar-refractivity contribution in [3.05, 3.63) is 48.2 Å². The summed E-state index contributed by atoms with van der Waals surface area (Å²) in [5, 5.41) is 11.1. The Balaban J connectivity index is 1.59. The van der Waals surface area contributed by atoms with Crippen LogP contribution in [0.3, 0.4) is 0 Å². The number of rotatable bonds is 7. The zero-order valence-corrected chi connectivity index (χ0v) is 17.2. The van der Waals surface area contributed by atoms with Crippen molar-refractivity contribution in [3.63, 3.8) is 0 Å².